The molecule has 0 aliphatic heterocycles. The quantitative estimate of drug-likeness (QED) is 0.885. The summed E-state index contributed by atoms with van der Waals surface area (Å²) < 4.78 is 6.11. The van der Waals surface area contributed by atoms with E-state index in [4.69, 9.17) is 10.5 Å². The number of ether oxygens (including phenoxy) is 1. The molecule has 0 saturated heterocycles. The van der Waals surface area contributed by atoms with Crippen LogP contribution in [0.15, 0.2) is 28.7 Å². The summed E-state index contributed by atoms with van der Waals surface area (Å²) in [4.78, 5) is 0. The predicted octanol–water partition coefficient (Wildman–Crippen LogP) is 2.27. The Morgan fingerprint density at radius 2 is 1.92 bits per heavy atom. The van der Waals surface area contributed by atoms with Gasteiger partial charge in [-0.1, -0.05) is 28.1 Å². The Hall–Kier alpha value is -0.380. The molecular formula is C10H14BrNO. The molecule has 3 heteroatoms. The summed E-state index contributed by atoms with van der Waals surface area (Å²) in [5, 5.41) is 0. The maximum Gasteiger partial charge on any atom is 0.0681 e. The number of halogens is 1. The molecule has 0 fully saturated rings. The largest absolute Gasteiger partial charge is 0.382 e. The highest BCUT2D eigenvalue weighted by Gasteiger charge is 2.20. The molecule has 1 unspecified atom stereocenters. The van der Waals surface area contributed by atoms with Gasteiger partial charge in [0, 0.05) is 11.6 Å². The number of nitrogens with two attached hydrogens (primary N) is 1. The maximum absolute atomic E-state index is 6.06. The Bertz CT molecular complexity index is 269. The van der Waals surface area contributed by atoms with Crippen LogP contribution >= 0.6 is 15.9 Å². The number of benzene rings is 1. The molecule has 13 heavy (non-hydrogen) atoms. The molecule has 0 aliphatic rings. The van der Waals surface area contributed by atoms with Gasteiger partial charge in [0.1, 0.15) is 0 Å². The van der Waals surface area contributed by atoms with Crippen molar-refractivity contribution in [2.24, 2.45) is 5.73 Å². The second-order valence-electron chi connectivity index (χ2n) is 3.36. The Morgan fingerprint density at radius 3 is 2.38 bits per heavy atom. The van der Waals surface area contributed by atoms with Gasteiger partial charge in [-0.05, 0) is 24.6 Å². The normalized spacial score (nSPS) is 15.4. The number of hydrogen-bond acceptors (Lipinski definition) is 2. The van der Waals surface area contributed by atoms with Crippen LogP contribution in [-0.2, 0) is 10.3 Å². The maximum atomic E-state index is 6.06. The van der Waals surface area contributed by atoms with Crippen molar-refractivity contribution in [2.75, 3.05) is 13.7 Å². The minimum atomic E-state index is -0.407. The monoisotopic (exact) mass is 243 g/mol. The van der Waals surface area contributed by atoms with Crippen molar-refractivity contribution in [1.29, 1.82) is 0 Å². The SMILES string of the molecule is COCC(C)(N)c1ccc(Br)cc1. The van der Waals surface area contributed by atoms with Crippen LogP contribution in [0.5, 0.6) is 0 Å². The molecule has 0 radical (unpaired) electrons. The summed E-state index contributed by atoms with van der Waals surface area (Å²) in [7, 11) is 1.66. The minimum absolute atomic E-state index is 0.407. The number of hydrogen-bond donors (Lipinski definition) is 1. The molecule has 0 spiro atoms. The first-order valence-corrected chi connectivity index (χ1v) is 4.89. The molecule has 2 N–H and O–H groups in total. The standard InChI is InChI=1S/C10H14BrNO/c1-10(12,7-13-2)8-3-5-9(11)6-4-8/h3-6H,7,12H2,1-2H3. The van der Waals surface area contributed by atoms with Crippen LogP contribution in [0.1, 0.15) is 12.5 Å². The van der Waals surface area contributed by atoms with E-state index in [0.717, 1.165) is 10.0 Å². The van der Waals surface area contributed by atoms with E-state index in [2.05, 4.69) is 15.9 Å². The second kappa shape index (κ2) is 4.22. The smallest absolute Gasteiger partial charge is 0.0681 e. The van der Waals surface area contributed by atoms with E-state index in [-0.39, 0.29) is 0 Å². The molecule has 1 aromatic rings. The third-order valence-electron chi connectivity index (χ3n) is 1.95. The van der Waals surface area contributed by atoms with Crippen LogP contribution in [-0.4, -0.2) is 13.7 Å². The molecule has 1 rings (SSSR count). The summed E-state index contributed by atoms with van der Waals surface area (Å²) in [5.74, 6) is 0. The van der Waals surface area contributed by atoms with E-state index >= 15 is 0 Å². The highest BCUT2D eigenvalue weighted by atomic mass is 79.9. The number of methoxy groups -OCH3 is 1. The van der Waals surface area contributed by atoms with E-state index in [1.807, 2.05) is 31.2 Å². The van der Waals surface area contributed by atoms with Crippen LogP contribution in [0.2, 0.25) is 0 Å². The zero-order chi connectivity index (χ0) is 9.90. The van der Waals surface area contributed by atoms with Gasteiger partial charge in [-0.3, -0.25) is 0 Å². The van der Waals surface area contributed by atoms with Crippen LogP contribution in [0.4, 0.5) is 0 Å². The highest BCUT2D eigenvalue weighted by molar-refractivity contribution is 9.10. The molecule has 1 atom stereocenters. The van der Waals surface area contributed by atoms with E-state index in [9.17, 15) is 0 Å². The summed E-state index contributed by atoms with van der Waals surface area (Å²) in [6, 6.07) is 7.97. The fraction of sp³-hybridized carbons (Fsp3) is 0.400. The fourth-order valence-electron chi connectivity index (χ4n) is 1.21. The second-order valence-corrected chi connectivity index (χ2v) is 4.27. The predicted molar refractivity (Wildman–Crippen MR) is 57.6 cm³/mol. The molecular weight excluding hydrogens is 230 g/mol. The molecule has 2 nitrogen and oxygen atoms in total. The van der Waals surface area contributed by atoms with Gasteiger partial charge in [0.15, 0.2) is 0 Å². The lowest BCUT2D eigenvalue weighted by Gasteiger charge is -2.24. The summed E-state index contributed by atoms with van der Waals surface area (Å²) in [6.45, 7) is 2.48. The first kappa shape index (κ1) is 10.7. The highest BCUT2D eigenvalue weighted by Crippen LogP contribution is 2.20. The lowest BCUT2D eigenvalue weighted by atomic mass is 9.94. The van der Waals surface area contributed by atoms with E-state index < -0.39 is 5.54 Å². The number of rotatable bonds is 3. The third-order valence-corrected chi connectivity index (χ3v) is 2.48. The Balaban J connectivity index is 2.87. The van der Waals surface area contributed by atoms with Crippen molar-refractivity contribution in [2.45, 2.75) is 12.5 Å². The lowest BCUT2D eigenvalue weighted by Crippen LogP contribution is -2.37. The van der Waals surface area contributed by atoms with Gasteiger partial charge in [-0.2, -0.15) is 0 Å². The fourth-order valence-corrected chi connectivity index (χ4v) is 1.48. The topological polar surface area (TPSA) is 35.2 Å². The van der Waals surface area contributed by atoms with Crippen molar-refractivity contribution >= 4 is 15.9 Å². The van der Waals surface area contributed by atoms with Gasteiger partial charge in [-0.15, -0.1) is 0 Å². The van der Waals surface area contributed by atoms with Gasteiger partial charge in [0.2, 0.25) is 0 Å². The Labute approximate surface area is 87.2 Å². The van der Waals surface area contributed by atoms with Crippen molar-refractivity contribution in [3.63, 3.8) is 0 Å². The molecule has 0 amide bonds. The van der Waals surface area contributed by atoms with Crippen molar-refractivity contribution < 1.29 is 4.74 Å². The lowest BCUT2D eigenvalue weighted by molar-refractivity contribution is 0.141. The average Bonchev–Trinajstić information content (AvgIpc) is 2.05. The Morgan fingerprint density at radius 1 is 1.38 bits per heavy atom. The van der Waals surface area contributed by atoms with Gasteiger partial charge in [-0.25, -0.2) is 0 Å². The van der Waals surface area contributed by atoms with E-state index in [1.165, 1.54) is 0 Å². The molecule has 1 aromatic carbocycles. The first-order chi connectivity index (χ1) is 6.06. The van der Waals surface area contributed by atoms with Crippen LogP contribution in [0.3, 0.4) is 0 Å². The summed E-state index contributed by atoms with van der Waals surface area (Å²) in [6.07, 6.45) is 0. The molecule has 0 bridgehead atoms. The van der Waals surface area contributed by atoms with Crippen LogP contribution in [0.25, 0.3) is 0 Å². The zero-order valence-electron chi connectivity index (χ0n) is 7.88. The Kier molecular flexibility index (Phi) is 3.47. The van der Waals surface area contributed by atoms with Crippen molar-refractivity contribution in [3.05, 3.63) is 34.3 Å². The molecule has 0 saturated carbocycles. The van der Waals surface area contributed by atoms with Crippen molar-refractivity contribution in [3.8, 4) is 0 Å². The van der Waals surface area contributed by atoms with Crippen LogP contribution < -0.4 is 5.73 Å². The van der Waals surface area contributed by atoms with Crippen LogP contribution in [0, 0.1) is 0 Å². The van der Waals surface area contributed by atoms with E-state index in [1.54, 1.807) is 7.11 Å². The third kappa shape index (κ3) is 2.79. The molecule has 0 heterocycles. The van der Waals surface area contributed by atoms with Gasteiger partial charge in [0.25, 0.3) is 0 Å². The molecule has 72 valence electrons. The summed E-state index contributed by atoms with van der Waals surface area (Å²) >= 11 is 3.38. The van der Waals surface area contributed by atoms with Crippen molar-refractivity contribution in [1.82, 2.24) is 0 Å². The van der Waals surface area contributed by atoms with Gasteiger partial charge < -0.3 is 10.5 Å². The molecule has 0 aromatic heterocycles. The minimum Gasteiger partial charge on any atom is -0.382 e. The molecule has 0 aliphatic carbocycles. The van der Waals surface area contributed by atoms with Gasteiger partial charge >= 0.3 is 0 Å². The average molecular weight is 244 g/mol. The first-order valence-electron chi connectivity index (χ1n) is 4.10. The zero-order valence-corrected chi connectivity index (χ0v) is 9.47. The van der Waals surface area contributed by atoms with E-state index in [0.29, 0.717) is 6.61 Å². The summed E-state index contributed by atoms with van der Waals surface area (Å²) in [5.41, 5.74) is 6.73. The van der Waals surface area contributed by atoms with Gasteiger partial charge in [0.05, 0.1) is 12.1 Å².